The number of ether oxygens (including phenoxy) is 1. The lowest BCUT2D eigenvalue weighted by atomic mass is 9.73. The molecule has 104 valence electrons. The highest BCUT2D eigenvalue weighted by atomic mass is 16.5. The highest BCUT2D eigenvalue weighted by molar-refractivity contribution is 5.82. The van der Waals surface area contributed by atoms with Crippen LogP contribution in [0.5, 0.6) is 0 Å². The van der Waals surface area contributed by atoms with E-state index in [0.29, 0.717) is 6.61 Å². The first-order valence-electron chi connectivity index (χ1n) is 7.38. The number of nitrogens with zero attached hydrogens (tertiary/aromatic N) is 3. The minimum absolute atomic E-state index is 0.100. The second-order valence-corrected chi connectivity index (χ2v) is 5.56. The predicted octanol–water partition coefficient (Wildman–Crippen LogP) is 1.99. The van der Waals surface area contributed by atoms with E-state index in [4.69, 9.17) is 4.74 Å². The summed E-state index contributed by atoms with van der Waals surface area (Å²) in [6.07, 6.45) is 7.13. The van der Waals surface area contributed by atoms with Crippen LogP contribution in [-0.2, 0) is 27.9 Å². The highest BCUT2D eigenvalue weighted by Crippen LogP contribution is 2.40. The molecule has 2 aliphatic rings. The first-order valence-corrected chi connectivity index (χ1v) is 7.38. The number of aromatic nitrogens is 3. The second kappa shape index (κ2) is 4.94. The lowest BCUT2D eigenvalue weighted by molar-refractivity contribution is -0.152. The SMILES string of the molecule is CCOC(=O)C1(c2nnc3n2CCC3)CCCCC1. The van der Waals surface area contributed by atoms with Crippen LogP contribution in [-0.4, -0.2) is 27.3 Å². The van der Waals surface area contributed by atoms with Crippen LogP contribution in [0.1, 0.15) is 57.1 Å². The average molecular weight is 263 g/mol. The summed E-state index contributed by atoms with van der Waals surface area (Å²) in [7, 11) is 0. The first-order chi connectivity index (χ1) is 9.28. The van der Waals surface area contributed by atoms with Gasteiger partial charge in [-0.2, -0.15) is 0 Å². The maximum atomic E-state index is 12.5. The Hall–Kier alpha value is -1.39. The van der Waals surface area contributed by atoms with Gasteiger partial charge in [0.2, 0.25) is 0 Å². The van der Waals surface area contributed by atoms with Crippen molar-refractivity contribution in [3.63, 3.8) is 0 Å². The summed E-state index contributed by atoms with van der Waals surface area (Å²) in [5.41, 5.74) is -0.538. The maximum absolute atomic E-state index is 12.5. The van der Waals surface area contributed by atoms with Gasteiger partial charge in [0, 0.05) is 13.0 Å². The molecule has 0 saturated heterocycles. The number of carbonyl (C=O) groups is 1. The number of aryl methyl sites for hydroxylation is 1. The molecule has 3 rings (SSSR count). The van der Waals surface area contributed by atoms with Crippen LogP contribution in [0.15, 0.2) is 0 Å². The molecule has 5 heteroatoms. The molecule has 0 atom stereocenters. The van der Waals surface area contributed by atoms with E-state index in [-0.39, 0.29) is 5.97 Å². The Morgan fingerprint density at radius 2 is 2.05 bits per heavy atom. The van der Waals surface area contributed by atoms with E-state index in [0.717, 1.165) is 56.7 Å². The Morgan fingerprint density at radius 1 is 1.26 bits per heavy atom. The fourth-order valence-electron chi connectivity index (χ4n) is 3.45. The van der Waals surface area contributed by atoms with Crippen molar-refractivity contribution in [2.24, 2.45) is 0 Å². The van der Waals surface area contributed by atoms with Crippen LogP contribution in [0.3, 0.4) is 0 Å². The first kappa shape index (κ1) is 12.6. The molecule has 0 bridgehead atoms. The molecule has 1 aliphatic carbocycles. The maximum Gasteiger partial charge on any atom is 0.319 e. The lowest BCUT2D eigenvalue weighted by Crippen LogP contribution is -2.41. The molecule has 0 unspecified atom stereocenters. The van der Waals surface area contributed by atoms with Gasteiger partial charge >= 0.3 is 5.97 Å². The second-order valence-electron chi connectivity index (χ2n) is 5.56. The van der Waals surface area contributed by atoms with Crippen molar-refractivity contribution in [2.75, 3.05) is 6.61 Å². The van der Waals surface area contributed by atoms with Gasteiger partial charge in [-0.25, -0.2) is 0 Å². The summed E-state index contributed by atoms with van der Waals surface area (Å²) in [6, 6.07) is 0. The third kappa shape index (κ3) is 1.95. The normalized spacial score (nSPS) is 21.1. The summed E-state index contributed by atoms with van der Waals surface area (Å²) < 4.78 is 7.50. The molecule has 5 nitrogen and oxygen atoms in total. The van der Waals surface area contributed by atoms with Crippen LogP contribution in [0.25, 0.3) is 0 Å². The predicted molar refractivity (Wildman–Crippen MR) is 69.7 cm³/mol. The van der Waals surface area contributed by atoms with Gasteiger partial charge in [-0.15, -0.1) is 10.2 Å². The summed E-state index contributed by atoms with van der Waals surface area (Å²) >= 11 is 0. The fourth-order valence-corrected chi connectivity index (χ4v) is 3.45. The topological polar surface area (TPSA) is 57.0 Å². The zero-order valence-corrected chi connectivity index (χ0v) is 11.5. The van der Waals surface area contributed by atoms with Gasteiger partial charge in [0.25, 0.3) is 0 Å². The molecule has 0 N–H and O–H groups in total. The van der Waals surface area contributed by atoms with E-state index in [2.05, 4.69) is 14.8 Å². The number of fused-ring (bicyclic) bond motifs is 1. The van der Waals surface area contributed by atoms with E-state index in [1.807, 2.05) is 6.92 Å². The van der Waals surface area contributed by atoms with Gasteiger partial charge in [0.1, 0.15) is 11.2 Å². The summed E-state index contributed by atoms with van der Waals surface area (Å²) in [4.78, 5) is 12.5. The summed E-state index contributed by atoms with van der Waals surface area (Å²) in [5.74, 6) is 1.79. The molecule has 2 heterocycles. The Balaban J connectivity index is 2.00. The molecule has 0 amide bonds. The van der Waals surface area contributed by atoms with Crippen LogP contribution in [0.4, 0.5) is 0 Å². The molecule has 1 fully saturated rings. The van der Waals surface area contributed by atoms with Gasteiger partial charge in [-0.1, -0.05) is 19.3 Å². The van der Waals surface area contributed by atoms with Crippen LogP contribution >= 0.6 is 0 Å². The molecular formula is C14H21N3O2. The highest BCUT2D eigenvalue weighted by Gasteiger charge is 2.47. The minimum Gasteiger partial charge on any atom is -0.465 e. The molecule has 0 spiro atoms. The van der Waals surface area contributed by atoms with Crippen molar-refractivity contribution >= 4 is 5.97 Å². The quantitative estimate of drug-likeness (QED) is 0.783. The van der Waals surface area contributed by atoms with Crippen LogP contribution in [0.2, 0.25) is 0 Å². The molecular weight excluding hydrogens is 242 g/mol. The fraction of sp³-hybridized carbons (Fsp3) is 0.786. The zero-order chi connectivity index (χ0) is 13.3. The summed E-state index contributed by atoms with van der Waals surface area (Å²) in [6.45, 7) is 3.24. The van der Waals surface area contributed by atoms with Gasteiger partial charge < -0.3 is 9.30 Å². The van der Waals surface area contributed by atoms with E-state index in [9.17, 15) is 4.79 Å². The number of hydrogen-bond donors (Lipinski definition) is 0. The number of rotatable bonds is 3. The standard InChI is InChI=1S/C14H21N3O2/c1-2-19-13(18)14(8-4-3-5-9-14)12-16-15-11-7-6-10-17(11)12/h2-10H2,1H3. The molecule has 1 aromatic rings. The van der Waals surface area contributed by atoms with Crippen molar-refractivity contribution in [3.8, 4) is 0 Å². The largest absolute Gasteiger partial charge is 0.465 e. The Labute approximate surface area is 113 Å². The van der Waals surface area contributed by atoms with Crippen molar-refractivity contribution in [2.45, 2.75) is 63.8 Å². The van der Waals surface area contributed by atoms with Crippen molar-refractivity contribution in [3.05, 3.63) is 11.6 Å². The Bertz CT molecular complexity index is 475. The molecule has 0 aromatic carbocycles. The monoisotopic (exact) mass is 263 g/mol. The van der Waals surface area contributed by atoms with E-state index in [1.54, 1.807) is 0 Å². The van der Waals surface area contributed by atoms with Gasteiger partial charge in [-0.3, -0.25) is 4.79 Å². The number of hydrogen-bond acceptors (Lipinski definition) is 4. The van der Waals surface area contributed by atoms with E-state index >= 15 is 0 Å². The zero-order valence-electron chi connectivity index (χ0n) is 11.5. The summed E-state index contributed by atoms with van der Waals surface area (Å²) in [5, 5.41) is 8.61. The third-order valence-corrected chi connectivity index (χ3v) is 4.41. The van der Waals surface area contributed by atoms with Gasteiger partial charge in [0.05, 0.1) is 6.61 Å². The van der Waals surface area contributed by atoms with Crippen LogP contribution in [0, 0.1) is 0 Å². The minimum atomic E-state index is -0.538. The Kier molecular flexibility index (Phi) is 3.29. The molecule has 1 aromatic heterocycles. The van der Waals surface area contributed by atoms with E-state index in [1.165, 1.54) is 6.42 Å². The molecule has 19 heavy (non-hydrogen) atoms. The van der Waals surface area contributed by atoms with Crippen molar-refractivity contribution in [1.29, 1.82) is 0 Å². The third-order valence-electron chi connectivity index (χ3n) is 4.41. The lowest BCUT2D eigenvalue weighted by Gasteiger charge is -2.33. The average Bonchev–Trinajstić information content (AvgIpc) is 3.02. The molecule has 0 radical (unpaired) electrons. The molecule has 1 saturated carbocycles. The van der Waals surface area contributed by atoms with E-state index < -0.39 is 5.41 Å². The van der Waals surface area contributed by atoms with Crippen LogP contribution < -0.4 is 0 Å². The Morgan fingerprint density at radius 3 is 2.79 bits per heavy atom. The van der Waals surface area contributed by atoms with Gasteiger partial charge in [-0.05, 0) is 26.2 Å². The van der Waals surface area contributed by atoms with Crippen molar-refractivity contribution < 1.29 is 9.53 Å². The van der Waals surface area contributed by atoms with Gasteiger partial charge in [0.15, 0.2) is 5.82 Å². The smallest absolute Gasteiger partial charge is 0.319 e. The number of esters is 1. The number of carbonyl (C=O) groups excluding carboxylic acids is 1. The molecule has 1 aliphatic heterocycles. The van der Waals surface area contributed by atoms with Crippen molar-refractivity contribution in [1.82, 2.24) is 14.8 Å².